The number of fused-ring (bicyclic) bond motifs is 1. The quantitative estimate of drug-likeness (QED) is 0.0366. The molecule has 9 nitrogen and oxygen atoms in total. The van der Waals surface area contributed by atoms with Crippen molar-refractivity contribution in [1.82, 2.24) is 10.2 Å². The highest BCUT2D eigenvalue weighted by molar-refractivity contribution is 8.00. The number of carbonyl (C=O) groups excluding carboxylic acids is 2. The van der Waals surface area contributed by atoms with Crippen LogP contribution in [0.1, 0.15) is 68.3 Å². The third-order valence-electron chi connectivity index (χ3n) is 8.08. The van der Waals surface area contributed by atoms with E-state index in [2.05, 4.69) is 17.1 Å². The van der Waals surface area contributed by atoms with Crippen LogP contribution in [0.25, 0.3) is 5.76 Å². The average molecular weight is 706 g/mol. The molecule has 12 heteroatoms. The van der Waals surface area contributed by atoms with E-state index in [1.165, 1.54) is 28.0 Å². The molecule has 1 aromatic heterocycles. The topological polar surface area (TPSA) is 111 Å². The monoisotopic (exact) mass is 705 g/mol. The van der Waals surface area contributed by atoms with Gasteiger partial charge in [0.2, 0.25) is 5.13 Å². The van der Waals surface area contributed by atoms with E-state index in [-0.39, 0.29) is 22.6 Å². The Labute approximate surface area is 292 Å². The number of ether oxygens (including phenoxy) is 3. The number of Topliss-reactive ketones (excluding diaryl/α,β-unsaturated/α-hetero) is 1. The van der Waals surface area contributed by atoms with Crippen LogP contribution in [0.3, 0.4) is 0 Å². The first-order valence-electron chi connectivity index (χ1n) is 16.0. The fourth-order valence-corrected chi connectivity index (χ4v) is 7.72. The van der Waals surface area contributed by atoms with E-state index in [1.807, 2.05) is 44.2 Å². The lowest BCUT2D eigenvalue weighted by molar-refractivity contribution is -0.132. The minimum atomic E-state index is -0.996. The van der Waals surface area contributed by atoms with Crippen LogP contribution >= 0.6 is 34.7 Å². The van der Waals surface area contributed by atoms with Crippen molar-refractivity contribution in [3.05, 3.63) is 93.5 Å². The molecular formula is C36H36ClN3O6S2. The second kappa shape index (κ2) is 15.0. The molecular weight excluding hydrogens is 670 g/mol. The van der Waals surface area contributed by atoms with Crippen molar-refractivity contribution in [2.75, 3.05) is 18.1 Å². The standard InChI is InChI=1S/C36H36ClN3O6S2/c1-4-6-7-16-45-28-15-10-23(19-29(28)44-5-2)31-30(32(41)24-11-14-27-25(18-24)17-21(3)46-27)33(42)34(43)40(31)35-38-39-36(48-35)47-20-22-8-12-26(37)13-9-22/h8-15,18-19,21,31,41H,4-7,16-17,20H2,1-3H3/b32-30-. The van der Waals surface area contributed by atoms with Gasteiger partial charge in [-0.15, -0.1) is 10.2 Å². The molecule has 1 amide bonds. The Morgan fingerprint density at radius 1 is 1.04 bits per heavy atom. The van der Waals surface area contributed by atoms with E-state index in [1.54, 1.807) is 30.3 Å². The normalized spacial score (nSPS) is 18.2. The molecule has 250 valence electrons. The lowest BCUT2D eigenvalue weighted by Gasteiger charge is -2.23. The zero-order chi connectivity index (χ0) is 33.8. The summed E-state index contributed by atoms with van der Waals surface area (Å²) in [5.74, 6) is 0.517. The SMILES string of the molecule is CCCCCOc1ccc(C2/C(=C(/O)c3ccc4c(c3)CC(C)O4)C(=O)C(=O)N2c2nnc(SCc3ccc(Cl)cc3)s2)cc1OCC. The Hall–Kier alpha value is -4.06. The van der Waals surface area contributed by atoms with E-state index in [0.29, 0.717) is 57.4 Å². The smallest absolute Gasteiger partial charge is 0.301 e. The molecule has 0 bridgehead atoms. The molecule has 2 atom stereocenters. The molecule has 0 radical (unpaired) electrons. The summed E-state index contributed by atoms with van der Waals surface area (Å²) in [5, 5.41) is 21.3. The van der Waals surface area contributed by atoms with Gasteiger partial charge in [-0.25, -0.2) is 0 Å². The van der Waals surface area contributed by atoms with Crippen molar-refractivity contribution in [1.29, 1.82) is 0 Å². The van der Waals surface area contributed by atoms with Crippen LogP contribution in [0.5, 0.6) is 17.2 Å². The maximum atomic E-state index is 13.8. The summed E-state index contributed by atoms with van der Waals surface area (Å²) in [6, 6.07) is 17.2. The maximum absolute atomic E-state index is 13.8. The zero-order valence-corrected chi connectivity index (χ0v) is 29.3. The molecule has 1 N–H and O–H groups in total. The number of aromatic nitrogens is 2. The Kier molecular flexibility index (Phi) is 10.6. The van der Waals surface area contributed by atoms with Gasteiger partial charge in [0.1, 0.15) is 17.6 Å². The number of nitrogens with zero attached hydrogens (tertiary/aromatic N) is 3. The van der Waals surface area contributed by atoms with Crippen molar-refractivity contribution < 1.29 is 28.9 Å². The van der Waals surface area contributed by atoms with Crippen LogP contribution in [0, 0.1) is 0 Å². The fraction of sp³-hybridized carbons (Fsp3) is 0.333. The number of hydrogen-bond acceptors (Lipinski definition) is 10. The van der Waals surface area contributed by atoms with Gasteiger partial charge in [-0.1, -0.05) is 72.7 Å². The van der Waals surface area contributed by atoms with Gasteiger partial charge in [-0.3, -0.25) is 14.5 Å². The molecule has 6 rings (SSSR count). The number of halogens is 1. The third-order valence-corrected chi connectivity index (χ3v) is 10.5. The molecule has 4 aromatic rings. The number of rotatable bonds is 13. The van der Waals surface area contributed by atoms with Crippen LogP contribution in [0.2, 0.25) is 5.02 Å². The summed E-state index contributed by atoms with van der Waals surface area (Å²) >= 11 is 8.71. The van der Waals surface area contributed by atoms with Crippen molar-refractivity contribution in [3.63, 3.8) is 0 Å². The van der Waals surface area contributed by atoms with Crippen molar-refractivity contribution in [2.45, 2.75) is 68.7 Å². The van der Waals surface area contributed by atoms with Crippen molar-refractivity contribution >= 4 is 57.3 Å². The second-order valence-electron chi connectivity index (χ2n) is 11.6. The first-order valence-corrected chi connectivity index (χ1v) is 18.2. The average Bonchev–Trinajstić information content (AvgIpc) is 3.77. The number of benzene rings is 3. The molecule has 1 saturated heterocycles. The molecule has 3 heterocycles. The summed E-state index contributed by atoms with van der Waals surface area (Å²) in [4.78, 5) is 29.0. The number of unbranched alkanes of at least 4 members (excludes halogenated alkanes) is 2. The second-order valence-corrected chi connectivity index (χ2v) is 14.2. The molecule has 3 aromatic carbocycles. The van der Waals surface area contributed by atoms with Gasteiger partial charge in [0, 0.05) is 22.8 Å². The van der Waals surface area contributed by atoms with Gasteiger partial charge in [0.15, 0.2) is 15.8 Å². The molecule has 0 saturated carbocycles. The lowest BCUT2D eigenvalue weighted by Crippen LogP contribution is -2.29. The molecule has 1 fully saturated rings. The van der Waals surface area contributed by atoms with Gasteiger partial charge in [0.05, 0.1) is 24.8 Å². The summed E-state index contributed by atoms with van der Waals surface area (Å²) in [7, 11) is 0. The number of carbonyl (C=O) groups is 2. The van der Waals surface area contributed by atoms with Crippen molar-refractivity contribution in [2.24, 2.45) is 0 Å². The van der Waals surface area contributed by atoms with Crippen LogP contribution in [0.15, 0.2) is 70.6 Å². The highest BCUT2D eigenvalue weighted by Gasteiger charge is 2.48. The highest BCUT2D eigenvalue weighted by Crippen LogP contribution is 2.46. The Morgan fingerprint density at radius 2 is 1.85 bits per heavy atom. The van der Waals surface area contributed by atoms with Crippen LogP contribution in [-0.2, 0) is 21.8 Å². The van der Waals surface area contributed by atoms with Gasteiger partial charge in [-0.05, 0) is 79.4 Å². The van der Waals surface area contributed by atoms with E-state index >= 15 is 0 Å². The van der Waals surface area contributed by atoms with E-state index < -0.39 is 17.7 Å². The highest BCUT2D eigenvalue weighted by atomic mass is 35.5. The first kappa shape index (κ1) is 33.8. The van der Waals surface area contributed by atoms with Crippen LogP contribution in [0.4, 0.5) is 5.13 Å². The van der Waals surface area contributed by atoms with E-state index in [4.69, 9.17) is 25.8 Å². The number of ketones is 1. The number of amides is 1. The summed E-state index contributed by atoms with van der Waals surface area (Å²) in [5.41, 5.74) is 2.91. The lowest BCUT2D eigenvalue weighted by atomic mass is 9.94. The predicted octanol–water partition coefficient (Wildman–Crippen LogP) is 8.40. The zero-order valence-electron chi connectivity index (χ0n) is 26.9. The predicted molar refractivity (Wildman–Crippen MR) is 189 cm³/mol. The fourth-order valence-electron chi connectivity index (χ4n) is 5.77. The van der Waals surface area contributed by atoms with Crippen LogP contribution in [-0.4, -0.2) is 46.3 Å². The number of thioether (sulfide) groups is 1. The largest absolute Gasteiger partial charge is 0.507 e. The van der Waals surface area contributed by atoms with E-state index in [9.17, 15) is 14.7 Å². The van der Waals surface area contributed by atoms with Gasteiger partial charge >= 0.3 is 5.91 Å². The molecule has 2 aliphatic heterocycles. The Balaban J connectivity index is 1.39. The molecule has 0 aliphatic carbocycles. The number of aliphatic hydroxyl groups is 1. The summed E-state index contributed by atoms with van der Waals surface area (Å²) in [6.45, 7) is 6.90. The van der Waals surface area contributed by atoms with Gasteiger partial charge in [-0.2, -0.15) is 0 Å². The molecule has 2 aliphatic rings. The Bertz CT molecular complexity index is 1840. The molecule has 0 spiro atoms. The van der Waals surface area contributed by atoms with Crippen molar-refractivity contribution in [3.8, 4) is 17.2 Å². The third kappa shape index (κ3) is 7.18. The van der Waals surface area contributed by atoms with Gasteiger partial charge in [0.25, 0.3) is 5.78 Å². The van der Waals surface area contributed by atoms with E-state index in [0.717, 1.165) is 36.1 Å². The number of anilines is 1. The van der Waals surface area contributed by atoms with Crippen LogP contribution < -0.4 is 19.1 Å². The summed E-state index contributed by atoms with van der Waals surface area (Å²) in [6.07, 6.45) is 3.71. The van der Waals surface area contributed by atoms with Gasteiger partial charge < -0.3 is 19.3 Å². The maximum Gasteiger partial charge on any atom is 0.301 e. The molecule has 48 heavy (non-hydrogen) atoms. The molecule has 2 unspecified atom stereocenters. The summed E-state index contributed by atoms with van der Waals surface area (Å²) < 4.78 is 18.5. The first-order chi connectivity index (χ1) is 23.3. The minimum absolute atomic E-state index is 0.00632. The minimum Gasteiger partial charge on any atom is -0.507 e. The number of aliphatic hydroxyl groups excluding tert-OH is 1. The Morgan fingerprint density at radius 3 is 2.62 bits per heavy atom. The number of hydrogen-bond donors (Lipinski definition) is 1.